The van der Waals surface area contributed by atoms with Crippen LogP contribution in [0.3, 0.4) is 0 Å². The predicted molar refractivity (Wildman–Crippen MR) is 53.9 cm³/mol. The average Bonchev–Trinajstić information content (AvgIpc) is 2.14. The summed E-state index contributed by atoms with van der Waals surface area (Å²) < 4.78 is 27.4. The zero-order chi connectivity index (χ0) is 10.6. The molecule has 0 spiro atoms. The van der Waals surface area contributed by atoms with Crippen molar-refractivity contribution < 1.29 is 13.2 Å². The monoisotopic (exact) mass is 210 g/mol. The second kappa shape index (κ2) is 4.16. The van der Waals surface area contributed by atoms with Crippen molar-refractivity contribution in [3.05, 3.63) is 24.3 Å². The SMILES string of the molecule is C#CCOc1cccc(S(C)(=O)=O)c1. The van der Waals surface area contributed by atoms with Gasteiger partial charge in [-0.1, -0.05) is 12.0 Å². The quantitative estimate of drug-likeness (QED) is 0.702. The topological polar surface area (TPSA) is 43.4 Å². The van der Waals surface area contributed by atoms with Crippen molar-refractivity contribution in [2.75, 3.05) is 12.9 Å². The number of hydrogen-bond acceptors (Lipinski definition) is 3. The highest BCUT2D eigenvalue weighted by atomic mass is 32.2. The maximum absolute atomic E-state index is 11.2. The Bertz CT molecular complexity index is 455. The summed E-state index contributed by atoms with van der Waals surface area (Å²) in [5.74, 6) is 2.77. The molecule has 0 aliphatic rings. The highest BCUT2D eigenvalue weighted by Gasteiger charge is 2.07. The van der Waals surface area contributed by atoms with E-state index >= 15 is 0 Å². The first-order valence-electron chi connectivity index (χ1n) is 3.90. The number of rotatable bonds is 3. The van der Waals surface area contributed by atoms with Gasteiger partial charge in [0.2, 0.25) is 0 Å². The molecular weight excluding hydrogens is 200 g/mol. The summed E-state index contributed by atoms with van der Waals surface area (Å²) in [6, 6.07) is 6.24. The van der Waals surface area contributed by atoms with E-state index in [-0.39, 0.29) is 11.5 Å². The zero-order valence-electron chi connectivity index (χ0n) is 7.73. The molecule has 0 aliphatic heterocycles. The number of terminal acetylenes is 1. The molecule has 0 aliphatic carbocycles. The van der Waals surface area contributed by atoms with Crippen molar-refractivity contribution in [2.45, 2.75) is 4.90 Å². The first-order chi connectivity index (χ1) is 6.54. The van der Waals surface area contributed by atoms with Crippen LogP contribution < -0.4 is 4.74 Å². The van der Waals surface area contributed by atoms with E-state index in [0.29, 0.717) is 5.75 Å². The van der Waals surface area contributed by atoms with E-state index in [2.05, 4.69) is 5.92 Å². The second-order valence-electron chi connectivity index (χ2n) is 2.74. The van der Waals surface area contributed by atoms with E-state index in [1.165, 1.54) is 12.1 Å². The van der Waals surface area contributed by atoms with Gasteiger partial charge in [0.25, 0.3) is 0 Å². The Morgan fingerprint density at radius 3 is 2.79 bits per heavy atom. The first-order valence-corrected chi connectivity index (χ1v) is 5.79. The van der Waals surface area contributed by atoms with Gasteiger partial charge in [0.1, 0.15) is 12.4 Å². The number of benzene rings is 1. The molecule has 0 amide bonds. The largest absolute Gasteiger partial charge is 0.481 e. The molecule has 4 heteroatoms. The van der Waals surface area contributed by atoms with E-state index in [1.54, 1.807) is 12.1 Å². The molecule has 0 unspecified atom stereocenters. The Labute approximate surface area is 83.6 Å². The standard InChI is InChI=1S/C10H10O3S/c1-3-7-13-9-5-4-6-10(8-9)14(2,11)12/h1,4-6,8H,7H2,2H3. The van der Waals surface area contributed by atoms with Crippen LogP contribution in [0, 0.1) is 12.3 Å². The van der Waals surface area contributed by atoms with Gasteiger partial charge in [-0.05, 0) is 18.2 Å². The summed E-state index contributed by atoms with van der Waals surface area (Å²) in [6.07, 6.45) is 6.15. The number of ether oxygens (including phenoxy) is 1. The van der Waals surface area contributed by atoms with Gasteiger partial charge in [-0.25, -0.2) is 8.42 Å². The highest BCUT2D eigenvalue weighted by molar-refractivity contribution is 7.90. The van der Waals surface area contributed by atoms with Crippen LogP contribution >= 0.6 is 0 Å². The average molecular weight is 210 g/mol. The van der Waals surface area contributed by atoms with Gasteiger partial charge < -0.3 is 4.74 Å². The molecule has 3 nitrogen and oxygen atoms in total. The summed E-state index contributed by atoms with van der Waals surface area (Å²) in [4.78, 5) is 0.229. The van der Waals surface area contributed by atoms with Gasteiger partial charge in [-0.2, -0.15) is 0 Å². The van der Waals surface area contributed by atoms with E-state index in [1.807, 2.05) is 0 Å². The summed E-state index contributed by atoms with van der Waals surface area (Å²) in [7, 11) is -3.18. The van der Waals surface area contributed by atoms with Crippen LogP contribution in [0.2, 0.25) is 0 Å². The van der Waals surface area contributed by atoms with Gasteiger partial charge in [-0.15, -0.1) is 6.42 Å². The van der Waals surface area contributed by atoms with Crippen LogP contribution in [0.1, 0.15) is 0 Å². The normalized spacial score (nSPS) is 10.6. The fraction of sp³-hybridized carbons (Fsp3) is 0.200. The number of sulfone groups is 1. The second-order valence-corrected chi connectivity index (χ2v) is 4.76. The molecule has 1 aromatic rings. The minimum atomic E-state index is -3.18. The van der Waals surface area contributed by atoms with E-state index in [9.17, 15) is 8.42 Å². The van der Waals surface area contributed by atoms with E-state index in [4.69, 9.17) is 11.2 Å². The van der Waals surface area contributed by atoms with Crippen molar-refractivity contribution in [3.63, 3.8) is 0 Å². The zero-order valence-corrected chi connectivity index (χ0v) is 8.54. The van der Waals surface area contributed by atoms with Crippen LogP contribution in [0.25, 0.3) is 0 Å². The molecule has 1 aromatic carbocycles. The van der Waals surface area contributed by atoms with Gasteiger partial charge in [-0.3, -0.25) is 0 Å². The molecule has 0 saturated heterocycles. The molecule has 0 fully saturated rings. The summed E-state index contributed by atoms with van der Waals surface area (Å²) in [5.41, 5.74) is 0. The van der Waals surface area contributed by atoms with Crippen molar-refractivity contribution in [2.24, 2.45) is 0 Å². The lowest BCUT2D eigenvalue weighted by Gasteiger charge is -2.03. The van der Waals surface area contributed by atoms with Crippen LogP contribution in [-0.2, 0) is 9.84 Å². The third-order valence-corrected chi connectivity index (χ3v) is 2.67. The molecule has 0 atom stereocenters. The molecule has 0 aromatic heterocycles. The molecule has 74 valence electrons. The smallest absolute Gasteiger partial charge is 0.175 e. The molecule has 0 radical (unpaired) electrons. The van der Waals surface area contributed by atoms with E-state index in [0.717, 1.165) is 6.26 Å². The third-order valence-electron chi connectivity index (χ3n) is 1.56. The molecule has 0 bridgehead atoms. The van der Waals surface area contributed by atoms with Crippen molar-refractivity contribution in [1.82, 2.24) is 0 Å². The highest BCUT2D eigenvalue weighted by Crippen LogP contribution is 2.16. The van der Waals surface area contributed by atoms with Gasteiger partial charge in [0.15, 0.2) is 9.84 Å². The third kappa shape index (κ3) is 2.79. The fourth-order valence-electron chi connectivity index (χ4n) is 0.920. The fourth-order valence-corrected chi connectivity index (χ4v) is 1.58. The maximum Gasteiger partial charge on any atom is 0.175 e. The maximum atomic E-state index is 11.2. The summed E-state index contributed by atoms with van der Waals surface area (Å²) >= 11 is 0. The minimum absolute atomic E-state index is 0.132. The molecule has 1 rings (SSSR count). The van der Waals surface area contributed by atoms with Crippen LogP contribution in [-0.4, -0.2) is 21.3 Å². The lowest BCUT2D eigenvalue weighted by atomic mass is 10.3. The molecule has 0 heterocycles. The Morgan fingerprint density at radius 2 is 2.21 bits per heavy atom. The molecule has 0 N–H and O–H groups in total. The van der Waals surface area contributed by atoms with Gasteiger partial charge in [0.05, 0.1) is 4.90 Å². The van der Waals surface area contributed by atoms with Crippen molar-refractivity contribution in [1.29, 1.82) is 0 Å². The number of hydrogen-bond donors (Lipinski definition) is 0. The Balaban J connectivity index is 2.97. The Kier molecular flexibility index (Phi) is 3.15. The minimum Gasteiger partial charge on any atom is -0.481 e. The van der Waals surface area contributed by atoms with Gasteiger partial charge in [0, 0.05) is 6.26 Å². The van der Waals surface area contributed by atoms with Crippen molar-refractivity contribution >= 4 is 9.84 Å². The Morgan fingerprint density at radius 1 is 1.50 bits per heavy atom. The molecule has 14 heavy (non-hydrogen) atoms. The summed E-state index contributed by atoms with van der Waals surface area (Å²) in [6.45, 7) is 0.132. The van der Waals surface area contributed by atoms with Gasteiger partial charge >= 0.3 is 0 Å². The lowest BCUT2D eigenvalue weighted by Crippen LogP contribution is -1.99. The Hall–Kier alpha value is -1.47. The molecule has 0 saturated carbocycles. The molecular formula is C10H10O3S. The lowest BCUT2D eigenvalue weighted by molar-refractivity contribution is 0.369. The van der Waals surface area contributed by atoms with Crippen molar-refractivity contribution in [3.8, 4) is 18.1 Å². The van der Waals surface area contributed by atoms with Crippen LogP contribution in [0.5, 0.6) is 5.75 Å². The van der Waals surface area contributed by atoms with Crippen LogP contribution in [0.15, 0.2) is 29.2 Å². The van der Waals surface area contributed by atoms with Crippen LogP contribution in [0.4, 0.5) is 0 Å². The predicted octanol–water partition coefficient (Wildman–Crippen LogP) is 1.10. The first kappa shape index (κ1) is 10.6. The summed E-state index contributed by atoms with van der Waals surface area (Å²) in [5, 5.41) is 0. The van der Waals surface area contributed by atoms with E-state index < -0.39 is 9.84 Å².